The van der Waals surface area contributed by atoms with E-state index in [4.69, 9.17) is 10.5 Å². The second kappa shape index (κ2) is 4.87. The molecule has 0 aromatic carbocycles. The Hall–Kier alpha value is -0.520. The minimum Gasteiger partial charge on any atom is -0.374 e. The van der Waals surface area contributed by atoms with Crippen LogP contribution in [0, 0.1) is 5.92 Å². The second-order valence-corrected chi connectivity index (χ2v) is 6.61. The zero-order valence-corrected chi connectivity index (χ0v) is 11.7. The highest BCUT2D eigenvalue weighted by atomic mass is 32.2. The van der Waals surface area contributed by atoms with E-state index in [1.807, 2.05) is 35.8 Å². The quantitative estimate of drug-likeness (QED) is 0.886. The molecule has 2 aliphatic heterocycles. The first kappa shape index (κ1) is 12.5. The van der Waals surface area contributed by atoms with Crippen LogP contribution >= 0.6 is 11.8 Å². The van der Waals surface area contributed by atoms with Gasteiger partial charge >= 0.3 is 0 Å². The molecule has 18 heavy (non-hydrogen) atoms. The Balaban J connectivity index is 1.74. The molecule has 3 atom stereocenters. The molecule has 0 amide bonds. The molecule has 3 unspecified atom stereocenters. The average molecular weight is 267 g/mol. The Labute approximate surface area is 112 Å². The van der Waals surface area contributed by atoms with Crippen molar-refractivity contribution in [2.24, 2.45) is 18.7 Å². The van der Waals surface area contributed by atoms with E-state index in [0.717, 1.165) is 31.0 Å². The number of ether oxygens (including phenoxy) is 1. The first-order valence-corrected chi connectivity index (χ1v) is 7.80. The molecule has 1 aromatic rings. The molecule has 3 rings (SSSR count). The molecule has 2 aliphatic rings. The number of aryl methyl sites for hydroxylation is 1. The summed E-state index contributed by atoms with van der Waals surface area (Å²) in [6.45, 7) is 0.851. The van der Waals surface area contributed by atoms with Crippen LogP contribution in [0.1, 0.15) is 31.1 Å². The van der Waals surface area contributed by atoms with Crippen molar-refractivity contribution in [1.29, 1.82) is 0 Å². The van der Waals surface area contributed by atoms with Crippen LogP contribution < -0.4 is 5.73 Å². The molecule has 4 nitrogen and oxygen atoms in total. The first-order valence-electron chi connectivity index (χ1n) is 6.65. The largest absolute Gasteiger partial charge is 0.374 e. The van der Waals surface area contributed by atoms with Gasteiger partial charge in [-0.3, -0.25) is 0 Å². The number of hydrogen-bond donors (Lipinski definition) is 1. The summed E-state index contributed by atoms with van der Waals surface area (Å²) in [6, 6.07) is 0.0383. The van der Waals surface area contributed by atoms with Crippen LogP contribution in [0.25, 0.3) is 0 Å². The smallest absolute Gasteiger partial charge is 0.125 e. The Morgan fingerprint density at radius 1 is 1.67 bits per heavy atom. The lowest BCUT2D eigenvalue weighted by Gasteiger charge is -2.39. The molecular formula is C13H21N3OS. The monoisotopic (exact) mass is 267 g/mol. The van der Waals surface area contributed by atoms with Gasteiger partial charge in [-0.1, -0.05) is 0 Å². The maximum absolute atomic E-state index is 6.42. The highest BCUT2D eigenvalue weighted by molar-refractivity contribution is 7.99. The minimum atomic E-state index is 0.0383. The summed E-state index contributed by atoms with van der Waals surface area (Å²) >= 11 is 2.01. The minimum absolute atomic E-state index is 0.0383. The highest BCUT2D eigenvalue weighted by Gasteiger charge is 2.42. The van der Waals surface area contributed by atoms with Crippen molar-refractivity contribution in [2.45, 2.75) is 30.9 Å². The van der Waals surface area contributed by atoms with Crippen molar-refractivity contribution >= 4 is 11.8 Å². The Morgan fingerprint density at radius 2 is 2.56 bits per heavy atom. The number of thioether (sulfide) groups is 1. The predicted octanol–water partition coefficient (Wildman–Crippen LogP) is 1.72. The van der Waals surface area contributed by atoms with Gasteiger partial charge in [0, 0.05) is 31.8 Å². The van der Waals surface area contributed by atoms with E-state index in [0.29, 0.717) is 5.92 Å². The molecule has 2 saturated heterocycles. The van der Waals surface area contributed by atoms with Crippen LogP contribution in [-0.4, -0.2) is 33.3 Å². The van der Waals surface area contributed by atoms with Crippen LogP contribution in [0.3, 0.4) is 0 Å². The van der Waals surface area contributed by atoms with Crippen molar-refractivity contribution in [3.63, 3.8) is 0 Å². The van der Waals surface area contributed by atoms with Crippen molar-refractivity contribution in [2.75, 3.05) is 18.1 Å². The predicted molar refractivity (Wildman–Crippen MR) is 73.5 cm³/mol. The molecular weight excluding hydrogens is 246 g/mol. The maximum atomic E-state index is 6.42. The number of imidazole rings is 1. The molecule has 100 valence electrons. The van der Waals surface area contributed by atoms with Crippen molar-refractivity contribution in [3.05, 3.63) is 18.2 Å². The molecule has 2 N–H and O–H groups in total. The molecule has 0 saturated carbocycles. The number of hydrogen-bond acceptors (Lipinski definition) is 4. The van der Waals surface area contributed by atoms with Gasteiger partial charge in [0.05, 0.1) is 11.6 Å². The van der Waals surface area contributed by atoms with Gasteiger partial charge in [-0.15, -0.1) is 0 Å². The molecule has 0 bridgehead atoms. The molecule has 3 heterocycles. The number of rotatable bonds is 2. The van der Waals surface area contributed by atoms with Gasteiger partial charge in [-0.05, 0) is 30.9 Å². The second-order valence-electron chi connectivity index (χ2n) is 5.51. The highest BCUT2D eigenvalue weighted by Crippen LogP contribution is 2.43. The van der Waals surface area contributed by atoms with Gasteiger partial charge in [-0.2, -0.15) is 11.8 Å². The lowest BCUT2D eigenvalue weighted by Crippen LogP contribution is -2.43. The summed E-state index contributed by atoms with van der Waals surface area (Å²) in [7, 11) is 2.02. The SMILES string of the molecule is Cn1ccnc1C(N)C1CCOC2(CCSC2)C1. The van der Waals surface area contributed by atoms with Crippen molar-refractivity contribution in [3.8, 4) is 0 Å². The Bertz CT molecular complexity index is 414. The lowest BCUT2D eigenvalue weighted by molar-refractivity contribution is -0.0839. The lowest BCUT2D eigenvalue weighted by atomic mass is 9.81. The summed E-state index contributed by atoms with van der Waals surface area (Å²) in [5, 5.41) is 0. The summed E-state index contributed by atoms with van der Waals surface area (Å²) in [5.74, 6) is 3.86. The van der Waals surface area contributed by atoms with Crippen LogP contribution in [0.2, 0.25) is 0 Å². The fourth-order valence-electron chi connectivity index (χ4n) is 3.14. The third-order valence-electron chi connectivity index (χ3n) is 4.26. The van der Waals surface area contributed by atoms with E-state index in [1.54, 1.807) is 0 Å². The topological polar surface area (TPSA) is 53.1 Å². The number of nitrogens with zero attached hydrogens (tertiary/aromatic N) is 2. The fourth-order valence-corrected chi connectivity index (χ4v) is 4.52. The van der Waals surface area contributed by atoms with Crippen LogP contribution in [0.4, 0.5) is 0 Å². The standard InChI is InChI=1S/C13H21N3OS/c1-16-5-4-15-12(16)11(14)10-2-6-17-13(8-10)3-7-18-9-13/h4-5,10-11H,2-3,6-9,14H2,1H3. The van der Waals surface area contributed by atoms with Crippen LogP contribution in [0.15, 0.2) is 12.4 Å². The van der Waals surface area contributed by atoms with Gasteiger partial charge < -0.3 is 15.0 Å². The molecule has 5 heteroatoms. The maximum Gasteiger partial charge on any atom is 0.125 e. The van der Waals surface area contributed by atoms with Crippen molar-refractivity contribution < 1.29 is 4.74 Å². The summed E-state index contributed by atoms with van der Waals surface area (Å²) in [4.78, 5) is 4.40. The average Bonchev–Trinajstić information content (AvgIpc) is 2.98. The van der Waals surface area contributed by atoms with Crippen LogP contribution in [0.5, 0.6) is 0 Å². The molecule has 2 fully saturated rings. The van der Waals surface area contributed by atoms with Gasteiger partial charge in [-0.25, -0.2) is 4.98 Å². The van der Waals surface area contributed by atoms with Crippen molar-refractivity contribution in [1.82, 2.24) is 9.55 Å². The van der Waals surface area contributed by atoms with E-state index in [9.17, 15) is 0 Å². The molecule has 0 radical (unpaired) electrons. The molecule has 1 aromatic heterocycles. The van der Waals surface area contributed by atoms with E-state index in [1.165, 1.54) is 12.2 Å². The summed E-state index contributed by atoms with van der Waals surface area (Å²) in [5.41, 5.74) is 6.53. The van der Waals surface area contributed by atoms with E-state index in [2.05, 4.69) is 4.98 Å². The fraction of sp³-hybridized carbons (Fsp3) is 0.769. The Kier molecular flexibility index (Phi) is 3.38. The Morgan fingerprint density at radius 3 is 3.22 bits per heavy atom. The molecule has 0 aliphatic carbocycles. The van der Waals surface area contributed by atoms with Gasteiger partial charge in [0.15, 0.2) is 0 Å². The number of nitrogens with two attached hydrogens (primary N) is 1. The zero-order chi connectivity index (χ0) is 12.6. The first-order chi connectivity index (χ1) is 8.70. The molecule has 1 spiro atoms. The van der Waals surface area contributed by atoms with E-state index < -0.39 is 0 Å². The summed E-state index contributed by atoms with van der Waals surface area (Å²) < 4.78 is 8.09. The van der Waals surface area contributed by atoms with E-state index in [-0.39, 0.29) is 11.6 Å². The third-order valence-corrected chi connectivity index (χ3v) is 5.49. The normalized spacial score (nSPS) is 34.0. The van der Waals surface area contributed by atoms with Gasteiger partial charge in [0.2, 0.25) is 0 Å². The van der Waals surface area contributed by atoms with Gasteiger partial charge in [0.25, 0.3) is 0 Å². The van der Waals surface area contributed by atoms with Gasteiger partial charge in [0.1, 0.15) is 5.82 Å². The van der Waals surface area contributed by atoms with E-state index >= 15 is 0 Å². The third kappa shape index (κ3) is 2.19. The zero-order valence-electron chi connectivity index (χ0n) is 10.8. The van der Waals surface area contributed by atoms with Crippen LogP contribution in [-0.2, 0) is 11.8 Å². The number of aromatic nitrogens is 2. The summed E-state index contributed by atoms with van der Waals surface area (Å²) in [6.07, 6.45) is 7.13.